The van der Waals surface area contributed by atoms with Crippen molar-refractivity contribution in [2.75, 3.05) is 7.05 Å². The average molecular weight is 319 g/mol. The van der Waals surface area contributed by atoms with Crippen LogP contribution in [0, 0.1) is 0 Å². The number of benzene rings is 1. The van der Waals surface area contributed by atoms with Gasteiger partial charge in [-0.1, -0.05) is 30.2 Å². The smallest absolute Gasteiger partial charge is 0.243 e. The third-order valence-corrected chi connectivity index (χ3v) is 5.91. The maximum absolute atomic E-state index is 12.4. The summed E-state index contributed by atoms with van der Waals surface area (Å²) in [6.45, 7) is 0. The standard InChI is InChI=1S/C12H15ClN2O2S2/c1-15(8-3-2-4-8)19(16,17)9-5-6-10(12(14)18)11(13)7-9/h5-8H,2-4H2,1H3,(H2,14,18). The normalized spacial score (nSPS) is 16.4. The highest BCUT2D eigenvalue weighted by Gasteiger charge is 2.31. The van der Waals surface area contributed by atoms with Crippen molar-refractivity contribution >= 4 is 38.8 Å². The average Bonchev–Trinajstić information content (AvgIpc) is 2.25. The zero-order chi connectivity index (χ0) is 14.2. The molecule has 1 aromatic carbocycles. The second-order valence-electron chi connectivity index (χ2n) is 4.61. The summed E-state index contributed by atoms with van der Waals surface area (Å²) in [6, 6.07) is 4.54. The van der Waals surface area contributed by atoms with Crippen molar-refractivity contribution in [3.05, 3.63) is 28.8 Å². The fraction of sp³-hybridized carbons (Fsp3) is 0.417. The maximum atomic E-state index is 12.4. The third kappa shape index (κ3) is 2.76. The van der Waals surface area contributed by atoms with Crippen LogP contribution in [-0.2, 0) is 10.0 Å². The number of halogens is 1. The maximum Gasteiger partial charge on any atom is 0.243 e. The molecule has 0 bridgehead atoms. The van der Waals surface area contributed by atoms with E-state index in [1.807, 2.05) is 0 Å². The zero-order valence-corrected chi connectivity index (χ0v) is 12.9. The van der Waals surface area contributed by atoms with Gasteiger partial charge in [0, 0.05) is 18.7 Å². The molecule has 1 saturated carbocycles. The highest BCUT2D eigenvalue weighted by Crippen LogP contribution is 2.30. The Morgan fingerprint density at radius 1 is 1.47 bits per heavy atom. The van der Waals surface area contributed by atoms with Gasteiger partial charge in [-0.05, 0) is 31.0 Å². The highest BCUT2D eigenvalue weighted by atomic mass is 35.5. The van der Waals surface area contributed by atoms with Crippen molar-refractivity contribution in [2.45, 2.75) is 30.2 Å². The molecule has 19 heavy (non-hydrogen) atoms. The van der Waals surface area contributed by atoms with E-state index in [-0.39, 0.29) is 20.9 Å². The van der Waals surface area contributed by atoms with Gasteiger partial charge in [0.1, 0.15) is 4.99 Å². The molecule has 0 unspecified atom stereocenters. The van der Waals surface area contributed by atoms with Crippen LogP contribution < -0.4 is 5.73 Å². The second-order valence-corrected chi connectivity index (χ2v) is 7.46. The van der Waals surface area contributed by atoms with Gasteiger partial charge in [0.2, 0.25) is 10.0 Å². The first-order chi connectivity index (χ1) is 8.84. The van der Waals surface area contributed by atoms with Gasteiger partial charge in [0.05, 0.1) is 9.92 Å². The lowest BCUT2D eigenvalue weighted by molar-refractivity contribution is 0.249. The largest absolute Gasteiger partial charge is 0.389 e. The molecule has 0 amide bonds. The van der Waals surface area contributed by atoms with Crippen molar-refractivity contribution < 1.29 is 8.42 Å². The molecule has 0 aliphatic heterocycles. The van der Waals surface area contributed by atoms with Crippen LogP contribution >= 0.6 is 23.8 Å². The Balaban J connectivity index is 2.35. The van der Waals surface area contributed by atoms with Gasteiger partial charge < -0.3 is 5.73 Å². The minimum Gasteiger partial charge on any atom is -0.389 e. The molecule has 0 radical (unpaired) electrons. The lowest BCUT2D eigenvalue weighted by atomic mass is 9.94. The van der Waals surface area contributed by atoms with Gasteiger partial charge >= 0.3 is 0 Å². The Hall–Kier alpha value is -0.690. The quantitative estimate of drug-likeness (QED) is 0.864. The van der Waals surface area contributed by atoms with Gasteiger partial charge in [0.25, 0.3) is 0 Å². The molecule has 1 aliphatic rings. The molecule has 2 N–H and O–H groups in total. The third-order valence-electron chi connectivity index (χ3n) is 3.47. The Morgan fingerprint density at radius 2 is 2.11 bits per heavy atom. The van der Waals surface area contributed by atoms with E-state index in [2.05, 4.69) is 0 Å². The first-order valence-electron chi connectivity index (χ1n) is 5.91. The molecule has 1 aromatic rings. The summed E-state index contributed by atoms with van der Waals surface area (Å²) < 4.78 is 26.2. The van der Waals surface area contributed by atoms with E-state index in [0.29, 0.717) is 5.56 Å². The summed E-state index contributed by atoms with van der Waals surface area (Å²) in [4.78, 5) is 0.327. The van der Waals surface area contributed by atoms with Crippen LogP contribution in [0.2, 0.25) is 5.02 Å². The van der Waals surface area contributed by atoms with Crippen molar-refractivity contribution in [1.29, 1.82) is 0 Å². The number of hydrogen-bond acceptors (Lipinski definition) is 3. The van der Waals surface area contributed by atoms with Crippen LogP contribution in [0.25, 0.3) is 0 Å². The molecule has 0 saturated heterocycles. The van der Waals surface area contributed by atoms with Crippen LogP contribution in [0.5, 0.6) is 0 Å². The van der Waals surface area contributed by atoms with Crippen molar-refractivity contribution in [1.82, 2.24) is 4.31 Å². The number of rotatable bonds is 4. The van der Waals surface area contributed by atoms with E-state index in [1.54, 1.807) is 13.1 Å². The van der Waals surface area contributed by atoms with Gasteiger partial charge in [0.15, 0.2) is 0 Å². The highest BCUT2D eigenvalue weighted by molar-refractivity contribution is 7.89. The van der Waals surface area contributed by atoms with Gasteiger partial charge in [-0.3, -0.25) is 0 Å². The molecule has 0 heterocycles. The minimum atomic E-state index is -3.50. The summed E-state index contributed by atoms with van der Waals surface area (Å²) in [5.41, 5.74) is 5.99. The fourth-order valence-electron chi connectivity index (χ4n) is 1.97. The molecule has 4 nitrogen and oxygen atoms in total. The van der Waals surface area contributed by atoms with Crippen molar-refractivity contribution in [3.63, 3.8) is 0 Å². The van der Waals surface area contributed by atoms with Gasteiger partial charge in [-0.15, -0.1) is 0 Å². The summed E-state index contributed by atoms with van der Waals surface area (Å²) in [7, 11) is -1.89. The monoisotopic (exact) mass is 318 g/mol. The molecule has 1 aliphatic carbocycles. The SMILES string of the molecule is CN(C1CCC1)S(=O)(=O)c1ccc(C(N)=S)c(Cl)c1. The Kier molecular flexibility index (Phi) is 4.15. The Morgan fingerprint density at radius 3 is 2.53 bits per heavy atom. The minimum absolute atomic E-state index is 0.0963. The predicted molar refractivity (Wildman–Crippen MR) is 79.9 cm³/mol. The molecule has 104 valence electrons. The van der Waals surface area contributed by atoms with Gasteiger partial charge in [-0.2, -0.15) is 4.31 Å². The summed E-state index contributed by atoms with van der Waals surface area (Å²) in [5.74, 6) is 0. The van der Waals surface area contributed by atoms with Crippen molar-refractivity contribution in [3.8, 4) is 0 Å². The lowest BCUT2D eigenvalue weighted by Gasteiger charge is -2.33. The predicted octanol–water partition coefficient (Wildman–Crippen LogP) is 2.15. The zero-order valence-electron chi connectivity index (χ0n) is 10.5. The lowest BCUT2D eigenvalue weighted by Crippen LogP contribution is -2.41. The van der Waals surface area contributed by atoms with E-state index in [9.17, 15) is 8.42 Å². The first-order valence-corrected chi connectivity index (χ1v) is 8.14. The number of sulfonamides is 1. The van der Waals surface area contributed by atoms with E-state index in [4.69, 9.17) is 29.6 Å². The Labute approximate surface area is 123 Å². The van der Waals surface area contributed by atoms with E-state index >= 15 is 0 Å². The van der Waals surface area contributed by atoms with Crippen LogP contribution in [0.15, 0.2) is 23.1 Å². The number of hydrogen-bond donors (Lipinski definition) is 1. The molecule has 0 atom stereocenters. The summed E-state index contributed by atoms with van der Waals surface area (Å²) >= 11 is 10.9. The first kappa shape index (κ1) is 14.7. The topological polar surface area (TPSA) is 63.4 Å². The molecule has 0 spiro atoms. The van der Waals surface area contributed by atoms with Gasteiger partial charge in [-0.25, -0.2) is 8.42 Å². The summed E-state index contributed by atoms with van der Waals surface area (Å²) in [5, 5.41) is 0.260. The second kappa shape index (κ2) is 5.36. The van der Waals surface area contributed by atoms with E-state index in [1.165, 1.54) is 16.4 Å². The number of nitrogens with two attached hydrogens (primary N) is 1. The summed E-state index contributed by atoms with van der Waals surface area (Å²) in [6.07, 6.45) is 2.90. The molecular formula is C12H15ClN2O2S2. The molecule has 2 rings (SSSR count). The fourth-order valence-corrected chi connectivity index (χ4v) is 3.99. The van der Waals surface area contributed by atoms with Crippen LogP contribution in [0.1, 0.15) is 24.8 Å². The molecule has 7 heteroatoms. The van der Waals surface area contributed by atoms with E-state index < -0.39 is 10.0 Å². The molecular weight excluding hydrogens is 304 g/mol. The van der Waals surface area contributed by atoms with Crippen LogP contribution in [0.4, 0.5) is 0 Å². The van der Waals surface area contributed by atoms with Crippen LogP contribution in [-0.4, -0.2) is 30.8 Å². The van der Waals surface area contributed by atoms with E-state index in [0.717, 1.165) is 19.3 Å². The van der Waals surface area contributed by atoms with Crippen molar-refractivity contribution in [2.24, 2.45) is 5.73 Å². The number of thiocarbonyl (C=S) groups is 1. The number of nitrogens with zero attached hydrogens (tertiary/aromatic N) is 1. The Bertz CT molecular complexity index is 612. The molecule has 0 aromatic heterocycles. The molecule has 1 fully saturated rings. The van der Waals surface area contributed by atoms with Crippen LogP contribution in [0.3, 0.4) is 0 Å².